The van der Waals surface area contributed by atoms with Gasteiger partial charge in [-0.1, -0.05) is 31.4 Å². The molecule has 0 aliphatic heterocycles. The number of para-hydroxylation sites is 1. The average Bonchev–Trinajstić information content (AvgIpc) is 2.55. The van der Waals surface area contributed by atoms with E-state index in [0.717, 1.165) is 25.7 Å². The molecule has 2 atom stereocenters. The van der Waals surface area contributed by atoms with Crippen molar-refractivity contribution in [2.45, 2.75) is 44.2 Å². The number of benzene rings is 1. The van der Waals surface area contributed by atoms with E-state index in [1.54, 1.807) is 18.2 Å². The minimum atomic E-state index is -0.240. The zero-order valence-electron chi connectivity index (χ0n) is 10.4. The lowest BCUT2D eigenvalue weighted by molar-refractivity contribution is 0.0926. The Kier molecular flexibility index (Phi) is 4.20. The van der Waals surface area contributed by atoms with E-state index in [4.69, 9.17) is 5.73 Å². The van der Waals surface area contributed by atoms with Gasteiger partial charge in [0.05, 0.1) is 5.56 Å². The number of aromatic hydroxyl groups is 1. The van der Waals surface area contributed by atoms with Gasteiger partial charge >= 0.3 is 0 Å². The van der Waals surface area contributed by atoms with Crippen molar-refractivity contribution >= 4 is 5.91 Å². The van der Waals surface area contributed by atoms with Crippen molar-refractivity contribution in [2.24, 2.45) is 5.73 Å². The van der Waals surface area contributed by atoms with E-state index in [1.165, 1.54) is 12.5 Å². The summed E-state index contributed by atoms with van der Waals surface area (Å²) >= 11 is 0. The molecule has 98 valence electrons. The van der Waals surface area contributed by atoms with Gasteiger partial charge in [0.25, 0.3) is 5.91 Å². The van der Waals surface area contributed by atoms with Crippen LogP contribution in [0.2, 0.25) is 0 Å². The molecule has 1 aliphatic rings. The van der Waals surface area contributed by atoms with E-state index in [2.05, 4.69) is 5.32 Å². The minimum Gasteiger partial charge on any atom is -0.507 e. The van der Waals surface area contributed by atoms with Crippen molar-refractivity contribution in [1.29, 1.82) is 0 Å². The fourth-order valence-electron chi connectivity index (χ4n) is 2.43. The van der Waals surface area contributed by atoms with Crippen molar-refractivity contribution in [3.63, 3.8) is 0 Å². The van der Waals surface area contributed by atoms with Crippen molar-refractivity contribution in [3.8, 4) is 5.75 Å². The molecular weight excluding hydrogens is 228 g/mol. The smallest absolute Gasteiger partial charge is 0.255 e. The van der Waals surface area contributed by atoms with Crippen LogP contribution in [0.5, 0.6) is 5.75 Å². The summed E-state index contributed by atoms with van der Waals surface area (Å²) in [6, 6.07) is 6.60. The fraction of sp³-hybridized carbons (Fsp3) is 0.500. The number of phenols is 1. The maximum Gasteiger partial charge on any atom is 0.255 e. The predicted octanol–water partition coefficient (Wildman–Crippen LogP) is 1.78. The Labute approximate surface area is 107 Å². The van der Waals surface area contributed by atoms with Crippen LogP contribution in [0, 0.1) is 0 Å². The molecule has 0 heterocycles. The quantitative estimate of drug-likeness (QED) is 0.698. The Morgan fingerprint density at radius 2 is 1.94 bits per heavy atom. The molecule has 0 radical (unpaired) electrons. The van der Waals surface area contributed by atoms with E-state index >= 15 is 0 Å². The van der Waals surface area contributed by atoms with Crippen LogP contribution >= 0.6 is 0 Å². The number of carbonyl (C=O) groups is 1. The third kappa shape index (κ3) is 3.01. The second-order valence-corrected chi connectivity index (χ2v) is 4.90. The molecule has 1 amide bonds. The van der Waals surface area contributed by atoms with Gasteiger partial charge in [-0.2, -0.15) is 0 Å². The number of amides is 1. The molecule has 0 bridgehead atoms. The number of carbonyl (C=O) groups excluding carboxylic acids is 1. The van der Waals surface area contributed by atoms with Gasteiger partial charge in [0.15, 0.2) is 0 Å². The van der Waals surface area contributed by atoms with Gasteiger partial charge in [-0.25, -0.2) is 0 Å². The second kappa shape index (κ2) is 5.87. The summed E-state index contributed by atoms with van der Waals surface area (Å²) < 4.78 is 0. The summed E-state index contributed by atoms with van der Waals surface area (Å²) in [5.74, 6) is -0.229. The van der Waals surface area contributed by atoms with Crippen LogP contribution in [0.4, 0.5) is 0 Å². The molecule has 1 aromatic rings. The monoisotopic (exact) mass is 248 g/mol. The number of phenolic OH excluding ortho intramolecular Hbond substituents is 1. The Morgan fingerprint density at radius 1 is 1.22 bits per heavy atom. The average molecular weight is 248 g/mol. The topological polar surface area (TPSA) is 75.3 Å². The third-order valence-corrected chi connectivity index (χ3v) is 3.53. The fourth-order valence-corrected chi connectivity index (χ4v) is 2.43. The van der Waals surface area contributed by atoms with Gasteiger partial charge in [0.1, 0.15) is 5.75 Å². The Balaban J connectivity index is 2.04. The number of rotatable bonds is 2. The highest BCUT2D eigenvalue weighted by atomic mass is 16.3. The van der Waals surface area contributed by atoms with E-state index in [0.29, 0.717) is 5.56 Å². The van der Waals surface area contributed by atoms with Gasteiger partial charge in [0.2, 0.25) is 0 Å². The van der Waals surface area contributed by atoms with Gasteiger partial charge in [0, 0.05) is 12.1 Å². The first kappa shape index (κ1) is 12.9. The van der Waals surface area contributed by atoms with E-state index in [9.17, 15) is 9.90 Å². The minimum absolute atomic E-state index is 0.0113. The van der Waals surface area contributed by atoms with Gasteiger partial charge < -0.3 is 16.2 Å². The molecule has 0 saturated heterocycles. The van der Waals surface area contributed by atoms with Gasteiger partial charge in [-0.15, -0.1) is 0 Å². The van der Waals surface area contributed by atoms with Crippen LogP contribution < -0.4 is 11.1 Å². The summed E-state index contributed by atoms with van der Waals surface area (Å²) in [7, 11) is 0. The van der Waals surface area contributed by atoms with Gasteiger partial charge in [-0.05, 0) is 25.0 Å². The van der Waals surface area contributed by atoms with Crippen LogP contribution in [-0.4, -0.2) is 23.1 Å². The second-order valence-electron chi connectivity index (χ2n) is 4.90. The molecule has 4 heteroatoms. The van der Waals surface area contributed by atoms with Crippen molar-refractivity contribution < 1.29 is 9.90 Å². The zero-order chi connectivity index (χ0) is 13.0. The summed E-state index contributed by atoms with van der Waals surface area (Å²) in [5, 5.41) is 12.6. The Bertz CT molecular complexity index is 420. The highest BCUT2D eigenvalue weighted by molar-refractivity contribution is 5.96. The van der Waals surface area contributed by atoms with Crippen LogP contribution in [-0.2, 0) is 0 Å². The predicted molar refractivity (Wildman–Crippen MR) is 70.4 cm³/mol. The molecular formula is C14H20N2O2. The van der Waals surface area contributed by atoms with Gasteiger partial charge in [-0.3, -0.25) is 4.79 Å². The molecule has 4 nitrogen and oxygen atoms in total. The molecule has 18 heavy (non-hydrogen) atoms. The van der Waals surface area contributed by atoms with Crippen LogP contribution in [0.1, 0.15) is 42.5 Å². The summed E-state index contributed by atoms with van der Waals surface area (Å²) in [6.45, 7) is 0. The summed E-state index contributed by atoms with van der Waals surface area (Å²) in [5.41, 5.74) is 6.38. The number of hydrogen-bond donors (Lipinski definition) is 3. The summed E-state index contributed by atoms with van der Waals surface area (Å²) in [4.78, 5) is 12.1. The maximum absolute atomic E-state index is 12.1. The van der Waals surface area contributed by atoms with E-state index in [-0.39, 0.29) is 23.7 Å². The van der Waals surface area contributed by atoms with E-state index in [1.807, 2.05) is 0 Å². The largest absolute Gasteiger partial charge is 0.507 e. The highest BCUT2D eigenvalue weighted by Gasteiger charge is 2.23. The maximum atomic E-state index is 12.1. The Hall–Kier alpha value is -1.55. The molecule has 0 aromatic heterocycles. The molecule has 1 saturated carbocycles. The first-order valence-electron chi connectivity index (χ1n) is 6.53. The van der Waals surface area contributed by atoms with Crippen molar-refractivity contribution in [3.05, 3.63) is 29.8 Å². The lowest BCUT2D eigenvalue weighted by Gasteiger charge is -2.22. The molecule has 4 N–H and O–H groups in total. The SMILES string of the molecule is NC1CCCCCC1NC(=O)c1ccccc1O. The molecule has 1 aromatic carbocycles. The first-order valence-corrected chi connectivity index (χ1v) is 6.53. The third-order valence-electron chi connectivity index (χ3n) is 3.53. The molecule has 2 rings (SSSR count). The Morgan fingerprint density at radius 3 is 2.72 bits per heavy atom. The normalized spacial score (nSPS) is 24.3. The first-order chi connectivity index (χ1) is 8.68. The molecule has 1 aliphatic carbocycles. The van der Waals surface area contributed by atoms with Crippen molar-refractivity contribution in [1.82, 2.24) is 5.32 Å². The standard InChI is InChI=1S/C14H20N2O2/c15-11-7-2-1-3-8-12(11)16-14(18)10-6-4-5-9-13(10)17/h4-6,9,11-12,17H,1-3,7-8,15H2,(H,16,18). The van der Waals surface area contributed by atoms with Crippen LogP contribution in [0.25, 0.3) is 0 Å². The number of nitrogens with two attached hydrogens (primary N) is 1. The van der Waals surface area contributed by atoms with Crippen LogP contribution in [0.15, 0.2) is 24.3 Å². The van der Waals surface area contributed by atoms with E-state index < -0.39 is 0 Å². The van der Waals surface area contributed by atoms with Crippen LogP contribution in [0.3, 0.4) is 0 Å². The molecule has 0 spiro atoms. The molecule has 1 fully saturated rings. The number of hydrogen-bond acceptors (Lipinski definition) is 3. The van der Waals surface area contributed by atoms with Crippen molar-refractivity contribution in [2.75, 3.05) is 0 Å². The zero-order valence-corrected chi connectivity index (χ0v) is 10.4. The number of nitrogens with one attached hydrogen (secondary N) is 1. The molecule has 2 unspecified atom stereocenters. The summed E-state index contributed by atoms with van der Waals surface area (Å²) in [6.07, 6.45) is 5.27. The lowest BCUT2D eigenvalue weighted by Crippen LogP contribution is -2.46. The highest BCUT2D eigenvalue weighted by Crippen LogP contribution is 2.19. The lowest BCUT2D eigenvalue weighted by atomic mass is 10.0.